The first-order chi connectivity index (χ1) is 16.8. The number of pyridine rings is 1. The van der Waals surface area contributed by atoms with E-state index in [4.69, 9.17) is 23.2 Å². The van der Waals surface area contributed by atoms with E-state index < -0.39 is 29.0 Å². The van der Waals surface area contributed by atoms with Gasteiger partial charge in [0.25, 0.3) is 5.91 Å². The third kappa shape index (κ3) is 6.14. The topological polar surface area (TPSA) is 48.5 Å². The number of carbonyl (C=O) groups is 1. The third-order valence-electron chi connectivity index (χ3n) is 5.63. The number of carbonyl (C=O) groups excluding carboxylic acids is 1. The number of piperazine rings is 1. The van der Waals surface area contributed by atoms with Gasteiger partial charge in [-0.15, -0.1) is 0 Å². The van der Waals surface area contributed by atoms with Crippen LogP contribution in [0.3, 0.4) is 0 Å². The highest BCUT2D eigenvalue weighted by Crippen LogP contribution is 2.33. The van der Waals surface area contributed by atoms with E-state index in [2.05, 4.69) is 15.2 Å². The largest absolute Gasteiger partial charge is 0.367 e. The fourth-order valence-corrected chi connectivity index (χ4v) is 4.06. The molecule has 0 radical (unpaired) electrons. The van der Waals surface area contributed by atoms with E-state index in [9.17, 15) is 18.0 Å². The second kappa shape index (κ2) is 11.1. The molecule has 10 heteroatoms. The molecule has 0 saturated carbocycles. The van der Waals surface area contributed by atoms with Gasteiger partial charge in [0, 0.05) is 55.6 Å². The Labute approximate surface area is 210 Å². The van der Waals surface area contributed by atoms with Crippen LogP contribution in [0.4, 0.5) is 24.5 Å². The van der Waals surface area contributed by atoms with E-state index in [0.29, 0.717) is 37.7 Å². The summed E-state index contributed by atoms with van der Waals surface area (Å²) in [6.45, 7) is 2.78. The molecule has 5 nitrogen and oxygen atoms in total. The number of benzene rings is 2. The molecule has 35 heavy (non-hydrogen) atoms. The van der Waals surface area contributed by atoms with Crippen LogP contribution < -0.4 is 10.2 Å². The Morgan fingerprint density at radius 3 is 2.40 bits per heavy atom. The summed E-state index contributed by atoms with van der Waals surface area (Å²) in [4.78, 5) is 20.3. The van der Waals surface area contributed by atoms with Crippen molar-refractivity contribution < 1.29 is 18.0 Å². The number of nitrogens with one attached hydrogen (secondary N) is 1. The zero-order chi connectivity index (χ0) is 24.9. The Bertz CT molecular complexity index is 1250. The van der Waals surface area contributed by atoms with Crippen LogP contribution in [-0.4, -0.2) is 48.5 Å². The molecule has 182 valence electrons. The predicted molar refractivity (Wildman–Crippen MR) is 133 cm³/mol. The van der Waals surface area contributed by atoms with E-state index in [1.54, 1.807) is 4.90 Å². The summed E-state index contributed by atoms with van der Waals surface area (Å²) in [6, 6.07) is 11.1. The molecule has 1 amide bonds. The second-order valence-electron chi connectivity index (χ2n) is 7.94. The lowest BCUT2D eigenvalue weighted by atomic mass is 10.1. The molecule has 0 aliphatic carbocycles. The highest BCUT2D eigenvalue weighted by atomic mass is 35.5. The van der Waals surface area contributed by atoms with E-state index in [1.807, 2.05) is 36.4 Å². The van der Waals surface area contributed by atoms with Gasteiger partial charge in [-0.3, -0.25) is 9.69 Å². The molecule has 1 aliphatic heterocycles. The number of rotatable bonds is 6. The van der Waals surface area contributed by atoms with Gasteiger partial charge >= 0.3 is 0 Å². The highest BCUT2D eigenvalue weighted by molar-refractivity contribution is 6.30. The first-order valence-electron chi connectivity index (χ1n) is 10.8. The molecule has 3 aromatic rings. The summed E-state index contributed by atoms with van der Waals surface area (Å²) in [6.07, 6.45) is 5.34. The van der Waals surface area contributed by atoms with E-state index in [-0.39, 0.29) is 16.4 Å². The van der Waals surface area contributed by atoms with E-state index in [0.717, 1.165) is 11.6 Å². The molecule has 1 aliphatic rings. The minimum absolute atomic E-state index is 0.0740. The molecule has 1 N–H and O–H groups in total. The van der Waals surface area contributed by atoms with Crippen LogP contribution in [0.2, 0.25) is 10.2 Å². The van der Waals surface area contributed by atoms with Crippen molar-refractivity contribution >= 4 is 46.6 Å². The normalized spacial score (nSPS) is 14.5. The minimum atomic E-state index is -1.65. The average Bonchev–Trinajstić information content (AvgIpc) is 2.86. The summed E-state index contributed by atoms with van der Waals surface area (Å²) in [5.41, 5.74) is 0.794. The maximum Gasteiger partial charge on any atom is 0.255 e. The number of nitrogens with zero attached hydrogens (tertiary/aromatic N) is 3. The van der Waals surface area contributed by atoms with Crippen LogP contribution >= 0.6 is 23.2 Å². The van der Waals surface area contributed by atoms with E-state index in [1.165, 1.54) is 18.3 Å². The summed E-state index contributed by atoms with van der Waals surface area (Å²) in [5, 5.41) is 3.12. The van der Waals surface area contributed by atoms with Crippen LogP contribution in [0, 0.1) is 17.5 Å². The molecule has 2 heterocycles. The monoisotopic (exact) mass is 520 g/mol. The maximum absolute atomic E-state index is 14.7. The quantitative estimate of drug-likeness (QED) is 0.325. The van der Waals surface area contributed by atoms with Crippen LogP contribution in [0.1, 0.15) is 15.9 Å². The molecule has 0 bridgehead atoms. The highest BCUT2D eigenvalue weighted by Gasteiger charge is 2.26. The Morgan fingerprint density at radius 1 is 1.00 bits per heavy atom. The number of halogens is 5. The van der Waals surface area contributed by atoms with Gasteiger partial charge in [0.1, 0.15) is 10.8 Å². The molecule has 1 aromatic heterocycles. The molecule has 0 unspecified atom stereocenters. The second-order valence-corrected chi connectivity index (χ2v) is 8.77. The molecule has 4 rings (SSSR count). The smallest absolute Gasteiger partial charge is 0.255 e. The van der Waals surface area contributed by atoms with Crippen LogP contribution in [0.5, 0.6) is 0 Å². The number of amides is 1. The fraction of sp³-hybridized carbons (Fsp3) is 0.200. The van der Waals surface area contributed by atoms with Crippen molar-refractivity contribution in [1.82, 2.24) is 9.88 Å². The Kier molecular flexibility index (Phi) is 7.95. The average molecular weight is 521 g/mol. The van der Waals surface area contributed by atoms with Crippen molar-refractivity contribution in [3.05, 3.63) is 93.5 Å². The summed E-state index contributed by atoms with van der Waals surface area (Å²) in [5.74, 6) is -5.15. The van der Waals surface area contributed by atoms with Gasteiger partial charge in [-0.1, -0.05) is 47.5 Å². The zero-order valence-corrected chi connectivity index (χ0v) is 20.0. The van der Waals surface area contributed by atoms with Gasteiger partial charge in [0.05, 0.1) is 5.69 Å². The van der Waals surface area contributed by atoms with Crippen LogP contribution in [0.15, 0.2) is 54.7 Å². The number of hydrogen-bond donors (Lipinski definition) is 1. The maximum atomic E-state index is 14.7. The molecular formula is C25H21Cl2F3N4O. The first kappa shape index (κ1) is 25.0. The standard InChI is InChI=1S/C25H21Cl2F3N4O/c26-18-5-3-16(4-6-18)2-1-9-33-10-12-34(13-11-33)20-15-19(28)22(29)23(30)24(20)32-25(35)17-7-8-31-21(27)14-17/h1-8,14-15H,9-13H2,(H,32,35)/b2-1+. The molecule has 1 saturated heterocycles. The fourth-order valence-electron chi connectivity index (χ4n) is 3.76. The lowest BCUT2D eigenvalue weighted by molar-refractivity contribution is 0.102. The van der Waals surface area contributed by atoms with Gasteiger partial charge in [-0.2, -0.15) is 0 Å². The number of anilines is 2. The summed E-state index contributed by atoms with van der Waals surface area (Å²) >= 11 is 11.7. The van der Waals surface area contributed by atoms with Gasteiger partial charge in [-0.05, 0) is 29.8 Å². The third-order valence-corrected chi connectivity index (χ3v) is 6.08. The molecular weight excluding hydrogens is 500 g/mol. The predicted octanol–water partition coefficient (Wildman–Crippen LogP) is 5.89. The van der Waals surface area contributed by atoms with Crippen molar-refractivity contribution in [3.63, 3.8) is 0 Å². The van der Waals surface area contributed by atoms with Gasteiger partial charge < -0.3 is 10.2 Å². The SMILES string of the molecule is O=C(Nc1c(N2CCN(C/C=C/c3ccc(Cl)cc3)CC2)cc(F)c(F)c1F)c1ccnc(Cl)c1. The zero-order valence-electron chi connectivity index (χ0n) is 18.4. The molecule has 0 atom stereocenters. The van der Waals surface area contributed by atoms with Crippen LogP contribution in [-0.2, 0) is 0 Å². The van der Waals surface area contributed by atoms with Crippen molar-refractivity contribution in [2.75, 3.05) is 42.9 Å². The van der Waals surface area contributed by atoms with Gasteiger partial charge in [-0.25, -0.2) is 18.2 Å². The number of hydrogen-bond acceptors (Lipinski definition) is 4. The Balaban J connectivity index is 1.46. The van der Waals surface area contributed by atoms with Crippen molar-refractivity contribution in [2.24, 2.45) is 0 Å². The summed E-state index contributed by atoms with van der Waals surface area (Å²) < 4.78 is 42.9. The molecule has 1 fully saturated rings. The number of aromatic nitrogens is 1. The minimum Gasteiger partial charge on any atom is -0.367 e. The lowest BCUT2D eigenvalue weighted by Gasteiger charge is -2.36. The van der Waals surface area contributed by atoms with Crippen LogP contribution in [0.25, 0.3) is 6.08 Å². The molecule has 0 spiro atoms. The Morgan fingerprint density at radius 2 is 1.71 bits per heavy atom. The summed E-state index contributed by atoms with van der Waals surface area (Å²) in [7, 11) is 0. The molecule has 2 aromatic carbocycles. The van der Waals surface area contributed by atoms with E-state index >= 15 is 0 Å². The lowest BCUT2D eigenvalue weighted by Crippen LogP contribution is -2.46. The Hall–Kier alpha value is -3.07. The first-order valence-corrected chi connectivity index (χ1v) is 11.6. The van der Waals surface area contributed by atoms with Crippen molar-refractivity contribution in [1.29, 1.82) is 0 Å². The van der Waals surface area contributed by atoms with Gasteiger partial charge in [0.15, 0.2) is 17.5 Å². The van der Waals surface area contributed by atoms with Gasteiger partial charge in [0.2, 0.25) is 0 Å². The van der Waals surface area contributed by atoms with Crippen molar-refractivity contribution in [2.45, 2.75) is 0 Å². The van der Waals surface area contributed by atoms with Crippen molar-refractivity contribution in [3.8, 4) is 0 Å².